The molecule has 146 valence electrons. The molecule has 0 saturated carbocycles. The first-order chi connectivity index (χ1) is 13.5. The Morgan fingerprint density at radius 3 is 2.82 bits per heavy atom. The monoisotopic (exact) mass is 396 g/mol. The number of nitrogens with zero attached hydrogens (tertiary/aromatic N) is 1. The zero-order valence-electron chi connectivity index (χ0n) is 16.1. The lowest BCUT2D eigenvalue weighted by Crippen LogP contribution is -2.45. The molecule has 5 nitrogen and oxygen atoms in total. The number of carbonyl (C=O) groups is 2. The number of carbonyl (C=O) groups excluding carboxylic acids is 2. The summed E-state index contributed by atoms with van der Waals surface area (Å²) in [7, 11) is 0. The van der Waals surface area contributed by atoms with Crippen LogP contribution >= 0.6 is 11.3 Å². The van der Waals surface area contributed by atoms with E-state index in [9.17, 15) is 9.59 Å². The predicted octanol–water partition coefficient (Wildman–Crippen LogP) is 4.53. The van der Waals surface area contributed by atoms with Gasteiger partial charge in [-0.05, 0) is 44.2 Å². The molecule has 3 aromatic rings. The average Bonchev–Trinajstić information content (AvgIpc) is 3.36. The lowest BCUT2D eigenvalue weighted by Gasteiger charge is -2.32. The van der Waals surface area contributed by atoms with Gasteiger partial charge in [0.15, 0.2) is 0 Å². The van der Waals surface area contributed by atoms with Crippen LogP contribution < -0.4 is 5.32 Å². The van der Waals surface area contributed by atoms with Crippen LogP contribution in [0.1, 0.15) is 46.8 Å². The van der Waals surface area contributed by atoms with Gasteiger partial charge in [-0.1, -0.05) is 24.3 Å². The molecule has 2 aromatic heterocycles. The Hall–Kier alpha value is -2.60. The third-order valence-electron chi connectivity index (χ3n) is 5.44. The van der Waals surface area contributed by atoms with Crippen molar-refractivity contribution < 1.29 is 14.0 Å². The summed E-state index contributed by atoms with van der Waals surface area (Å²) in [6.07, 6.45) is 1.64. The number of furan rings is 1. The molecule has 1 aromatic carbocycles. The number of aryl methyl sites for hydroxylation is 1. The second-order valence-electron chi connectivity index (χ2n) is 7.39. The molecule has 28 heavy (non-hydrogen) atoms. The zero-order valence-corrected chi connectivity index (χ0v) is 16.9. The minimum atomic E-state index is -0.219. The van der Waals surface area contributed by atoms with Crippen molar-refractivity contribution in [3.05, 3.63) is 58.0 Å². The van der Waals surface area contributed by atoms with Crippen LogP contribution in [0.5, 0.6) is 0 Å². The van der Waals surface area contributed by atoms with Crippen LogP contribution in [0.2, 0.25) is 0 Å². The van der Waals surface area contributed by atoms with E-state index in [-0.39, 0.29) is 23.8 Å². The van der Waals surface area contributed by atoms with Gasteiger partial charge in [0.05, 0.1) is 16.8 Å². The van der Waals surface area contributed by atoms with Gasteiger partial charge in [0.2, 0.25) is 5.91 Å². The Morgan fingerprint density at radius 1 is 1.25 bits per heavy atom. The molecule has 1 N–H and O–H groups in total. The minimum Gasteiger partial charge on any atom is -0.459 e. The van der Waals surface area contributed by atoms with E-state index in [0.717, 1.165) is 40.0 Å². The van der Waals surface area contributed by atoms with E-state index in [1.165, 1.54) is 11.3 Å². The van der Waals surface area contributed by atoms with E-state index in [1.54, 1.807) is 4.90 Å². The highest BCUT2D eigenvalue weighted by atomic mass is 32.1. The van der Waals surface area contributed by atoms with Crippen LogP contribution in [0.15, 0.2) is 46.2 Å². The summed E-state index contributed by atoms with van der Waals surface area (Å²) in [5.41, 5.74) is 1.89. The van der Waals surface area contributed by atoms with Crippen LogP contribution in [0.4, 0.5) is 0 Å². The van der Waals surface area contributed by atoms with Gasteiger partial charge in [-0.25, -0.2) is 0 Å². The molecule has 3 heterocycles. The summed E-state index contributed by atoms with van der Waals surface area (Å²) in [4.78, 5) is 28.0. The number of para-hydroxylation sites is 1. The van der Waals surface area contributed by atoms with E-state index < -0.39 is 0 Å². The second-order valence-corrected chi connectivity index (χ2v) is 8.33. The second kappa shape index (κ2) is 7.80. The lowest BCUT2D eigenvalue weighted by molar-refractivity contribution is -0.127. The van der Waals surface area contributed by atoms with Crippen molar-refractivity contribution in [2.24, 2.45) is 5.92 Å². The topological polar surface area (TPSA) is 62.6 Å². The van der Waals surface area contributed by atoms with Crippen molar-refractivity contribution in [3.8, 4) is 0 Å². The Morgan fingerprint density at radius 2 is 2.07 bits per heavy atom. The summed E-state index contributed by atoms with van der Waals surface area (Å²) in [5, 5.41) is 6.07. The molecule has 2 amide bonds. The van der Waals surface area contributed by atoms with Crippen molar-refractivity contribution in [3.63, 3.8) is 0 Å². The molecular formula is C22H24N2O3S. The maximum absolute atomic E-state index is 12.9. The van der Waals surface area contributed by atoms with Gasteiger partial charge in [-0.15, -0.1) is 11.3 Å². The normalized spacial score (nSPS) is 18.2. The number of fused-ring (bicyclic) bond motifs is 1. The van der Waals surface area contributed by atoms with Crippen LogP contribution in [-0.4, -0.2) is 29.8 Å². The van der Waals surface area contributed by atoms with Gasteiger partial charge in [0, 0.05) is 24.0 Å². The lowest BCUT2D eigenvalue weighted by atomic mass is 9.96. The third-order valence-corrected chi connectivity index (χ3v) is 6.30. The summed E-state index contributed by atoms with van der Waals surface area (Å²) in [5.74, 6) is 0.603. The van der Waals surface area contributed by atoms with Crippen LogP contribution in [0, 0.1) is 12.8 Å². The molecule has 2 unspecified atom stereocenters. The number of piperidine rings is 1. The molecule has 0 aliphatic carbocycles. The molecule has 2 atom stereocenters. The fraction of sp³-hybridized carbons (Fsp3) is 0.364. The molecular weight excluding hydrogens is 372 g/mol. The van der Waals surface area contributed by atoms with Gasteiger partial charge >= 0.3 is 0 Å². The first kappa shape index (κ1) is 18.7. The van der Waals surface area contributed by atoms with E-state index in [0.29, 0.717) is 13.1 Å². The highest BCUT2D eigenvalue weighted by Crippen LogP contribution is 2.29. The van der Waals surface area contributed by atoms with E-state index >= 15 is 0 Å². The van der Waals surface area contributed by atoms with E-state index in [2.05, 4.69) is 5.32 Å². The fourth-order valence-electron chi connectivity index (χ4n) is 3.93. The highest BCUT2D eigenvalue weighted by Gasteiger charge is 2.30. The molecule has 1 fully saturated rings. The molecule has 0 bridgehead atoms. The highest BCUT2D eigenvalue weighted by molar-refractivity contribution is 7.12. The van der Waals surface area contributed by atoms with Crippen molar-refractivity contribution >= 4 is 34.1 Å². The first-order valence-corrected chi connectivity index (χ1v) is 10.5. The number of amides is 2. The Kier molecular flexibility index (Phi) is 5.22. The predicted molar refractivity (Wildman–Crippen MR) is 110 cm³/mol. The molecule has 4 rings (SSSR count). The standard InChI is InChI=1S/C22H24N2O3S/c1-14-17-8-3-4-9-18(17)27-20(14)15(2)23-21(25)16-7-5-11-24(13-16)22(26)19-10-6-12-28-19/h3-4,6,8-10,12,15-16H,5,7,11,13H2,1-2H3,(H,23,25). The number of likely N-dealkylation sites (tertiary alicyclic amines) is 1. The van der Waals surface area contributed by atoms with Gasteiger partial charge in [0.25, 0.3) is 5.91 Å². The first-order valence-electron chi connectivity index (χ1n) is 9.65. The maximum atomic E-state index is 12.9. The van der Waals surface area contributed by atoms with E-state index in [1.807, 2.05) is 55.6 Å². The number of benzene rings is 1. The van der Waals surface area contributed by atoms with Gasteiger partial charge < -0.3 is 14.6 Å². The van der Waals surface area contributed by atoms with Gasteiger partial charge in [0.1, 0.15) is 11.3 Å². The van der Waals surface area contributed by atoms with Crippen molar-refractivity contribution in [2.75, 3.05) is 13.1 Å². The van der Waals surface area contributed by atoms with E-state index in [4.69, 9.17) is 4.42 Å². The largest absolute Gasteiger partial charge is 0.459 e. The smallest absolute Gasteiger partial charge is 0.263 e. The molecule has 0 radical (unpaired) electrons. The molecule has 1 saturated heterocycles. The maximum Gasteiger partial charge on any atom is 0.263 e. The number of thiophene rings is 1. The Bertz CT molecular complexity index is 993. The Balaban J connectivity index is 1.43. The molecule has 0 spiro atoms. The SMILES string of the molecule is Cc1c(C(C)NC(=O)C2CCCN(C(=O)c3cccs3)C2)oc2ccccc12. The number of nitrogens with one attached hydrogen (secondary N) is 1. The van der Waals surface area contributed by atoms with Crippen LogP contribution in [0.3, 0.4) is 0 Å². The van der Waals surface area contributed by atoms with Crippen LogP contribution in [0.25, 0.3) is 11.0 Å². The number of rotatable bonds is 4. The van der Waals surface area contributed by atoms with Gasteiger partial charge in [-0.2, -0.15) is 0 Å². The van der Waals surface area contributed by atoms with Crippen molar-refractivity contribution in [1.82, 2.24) is 10.2 Å². The van der Waals surface area contributed by atoms with Crippen molar-refractivity contribution in [2.45, 2.75) is 32.7 Å². The van der Waals surface area contributed by atoms with Gasteiger partial charge in [-0.3, -0.25) is 9.59 Å². The minimum absolute atomic E-state index is 0.0176. The average molecular weight is 397 g/mol. The quantitative estimate of drug-likeness (QED) is 0.705. The summed E-state index contributed by atoms with van der Waals surface area (Å²) in [6, 6.07) is 11.4. The number of hydrogen-bond donors (Lipinski definition) is 1. The van der Waals surface area contributed by atoms with Crippen molar-refractivity contribution in [1.29, 1.82) is 0 Å². The fourth-order valence-corrected chi connectivity index (χ4v) is 4.63. The molecule has 6 heteroatoms. The Labute approximate surface area is 168 Å². The number of hydrogen-bond acceptors (Lipinski definition) is 4. The molecule has 1 aliphatic heterocycles. The summed E-state index contributed by atoms with van der Waals surface area (Å²) in [6.45, 7) is 5.14. The van der Waals surface area contributed by atoms with Crippen LogP contribution in [-0.2, 0) is 4.79 Å². The zero-order chi connectivity index (χ0) is 19.7. The summed E-state index contributed by atoms with van der Waals surface area (Å²) >= 11 is 1.44. The third kappa shape index (κ3) is 3.56. The summed E-state index contributed by atoms with van der Waals surface area (Å²) < 4.78 is 5.98. The molecule has 1 aliphatic rings.